The van der Waals surface area contributed by atoms with E-state index in [4.69, 9.17) is 0 Å². The lowest BCUT2D eigenvalue weighted by molar-refractivity contribution is 0.245. The molecule has 0 radical (unpaired) electrons. The summed E-state index contributed by atoms with van der Waals surface area (Å²) in [5, 5.41) is 3.70. The zero-order chi connectivity index (χ0) is 14.8. The van der Waals surface area contributed by atoms with E-state index >= 15 is 0 Å². The van der Waals surface area contributed by atoms with Gasteiger partial charge in [-0.3, -0.25) is 0 Å². The van der Waals surface area contributed by atoms with Crippen LogP contribution in [0.15, 0.2) is 18.2 Å². The number of hydrogen-bond donors (Lipinski definition) is 1. The summed E-state index contributed by atoms with van der Waals surface area (Å²) in [4.78, 5) is 2.53. The van der Waals surface area contributed by atoms with Gasteiger partial charge in [-0.25, -0.2) is 4.39 Å². The molecule has 3 heteroatoms. The highest BCUT2D eigenvalue weighted by atomic mass is 19.1. The van der Waals surface area contributed by atoms with E-state index in [0.29, 0.717) is 18.1 Å². The highest BCUT2D eigenvalue weighted by Crippen LogP contribution is 2.39. The van der Waals surface area contributed by atoms with E-state index in [1.54, 1.807) is 12.1 Å². The van der Waals surface area contributed by atoms with Gasteiger partial charge in [-0.2, -0.15) is 0 Å². The molecule has 0 saturated carbocycles. The van der Waals surface area contributed by atoms with Gasteiger partial charge in [0.1, 0.15) is 5.82 Å². The van der Waals surface area contributed by atoms with E-state index in [0.717, 1.165) is 12.2 Å². The fraction of sp³-hybridized carbons (Fsp3) is 0.667. The molecule has 0 amide bonds. The van der Waals surface area contributed by atoms with E-state index in [1.165, 1.54) is 44.1 Å². The molecule has 0 aromatic heterocycles. The molecule has 1 aromatic carbocycles. The molecule has 2 aliphatic rings. The molecule has 2 bridgehead atoms. The summed E-state index contributed by atoms with van der Waals surface area (Å²) in [7, 11) is 0. The molecule has 21 heavy (non-hydrogen) atoms. The first-order chi connectivity index (χ1) is 10.2. The van der Waals surface area contributed by atoms with E-state index in [-0.39, 0.29) is 5.82 Å². The minimum atomic E-state index is -0.111. The number of hydrogen-bond acceptors (Lipinski definition) is 2. The van der Waals surface area contributed by atoms with Gasteiger partial charge < -0.3 is 10.2 Å². The van der Waals surface area contributed by atoms with Gasteiger partial charge in [0.15, 0.2) is 0 Å². The SMILES string of the molecule is CCCNC1CC2CCCC(C1)N2c1cc(F)ccc1C. The van der Waals surface area contributed by atoms with E-state index in [1.807, 2.05) is 6.07 Å². The zero-order valence-corrected chi connectivity index (χ0v) is 13.2. The number of fused-ring (bicyclic) bond motifs is 2. The highest BCUT2D eigenvalue weighted by molar-refractivity contribution is 5.56. The minimum Gasteiger partial charge on any atom is -0.365 e. The second-order valence-electron chi connectivity index (χ2n) is 6.70. The molecule has 2 unspecified atom stereocenters. The van der Waals surface area contributed by atoms with Crippen molar-refractivity contribution >= 4 is 5.69 Å². The number of rotatable bonds is 4. The third-order valence-electron chi connectivity index (χ3n) is 5.11. The maximum atomic E-state index is 13.7. The van der Waals surface area contributed by atoms with Crippen LogP contribution in [0.5, 0.6) is 0 Å². The summed E-state index contributed by atoms with van der Waals surface area (Å²) in [5.74, 6) is -0.111. The standard InChI is InChI=1S/C18H27FN2/c1-3-9-20-15-11-16-5-4-6-17(12-15)21(16)18-10-14(19)8-7-13(18)2/h7-8,10,15-17,20H,3-6,9,11-12H2,1-2H3. The lowest BCUT2D eigenvalue weighted by atomic mass is 9.81. The van der Waals surface area contributed by atoms with Gasteiger partial charge in [0.25, 0.3) is 0 Å². The van der Waals surface area contributed by atoms with Crippen LogP contribution in [0.2, 0.25) is 0 Å². The molecule has 0 aliphatic carbocycles. The zero-order valence-electron chi connectivity index (χ0n) is 13.2. The van der Waals surface area contributed by atoms with Gasteiger partial charge in [0.05, 0.1) is 0 Å². The van der Waals surface area contributed by atoms with Crippen molar-refractivity contribution in [1.82, 2.24) is 5.32 Å². The maximum absolute atomic E-state index is 13.7. The Bertz CT molecular complexity index is 474. The Balaban J connectivity index is 1.82. The number of aryl methyl sites for hydroxylation is 1. The van der Waals surface area contributed by atoms with Crippen molar-refractivity contribution in [2.45, 2.75) is 70.5 Å². The van der Waals surface area contributed by atoms with Crippen LogP contribution in [-0.4, -0.2) is 24.7 Å². The number of benzene rings is 1. The van der Waals surface area contributed by atoms with Crippen molar-refractivity contribution in [3.63, 3.8) is 0 Å². The molecule has 2 saturated heterocycles. The lowest BCUT2D eigenvalue weighted by Gasteiger charge is -2.51. The smallest absolute Gasteiger partial charge is 0.125 e. The summed E-state index contributed by atoms with van der Waals surface area (Å²) >= 11 is 0. The molecule has 3 rings (SSSR count). The molecule has 0 spiro atoms. The first-order valence-corrected chi connectivity index (χ1v) is 8.47. The minimum absolute atomic E-state index is 0.111. The van der Waals surface area contributed by atoms with Gasteiger partial charge >= 0.3 is 0 Å². The quantitative estimate of drug-likeness (QED) is 0.901. The summed E-state index contributed by atoms with van der Waals surface area (Å²) in [6.45, 7) is 5.44. The Kier molecular flexibility index (Phi) is 4.48. The molecular formula is C18H27FN2. The number of piperidine rings is 2. The van der Waals surface area contributed by atoms with E-state index < -0.39 is 0 Å². The van der Waals surface area contributed by atoms with E-state index in [9.17, 15) is 4.39 Å². The predicted molar refractivity (Wildman–Crippen MR) is 86.4 cm³/mol. The summed E-state index contributed by atoms with van der Waals surface area (Å²) < 4.78 is 13.7. The number of nitrogens with one attached hydrogen (secondary N) is 1. The molecular weight excluding hydrogens is 263 g/mol. The first-order valence-electron chi connectivity index (χ1n) is 8.47. The second-order valence-corrected chi connectivity index (χ2v) is 6.70. The predicted octanol–water partition coefficient (Wildman–Crippen LogP) is 4.02. The average Bonchev–Trinajstić information content (AvgIpc) is 2.46. The lowest BCUT2D eigenvalue weighted by Crippen LogP contribution is -2.56. The van der Waals surface area contributed by atoms with Crippen LogP contribution in [0.1, 0.15) is 51.0 Å². The first kappa shape index (κ1) is 14.8. The molecule has 116 valence electrons. The number of nitrogens with zero attached hydrogens (tertiary/aromatic N) is 1. The molecule has 1 N–H and O–H groups in total. The Morgan fingerprint density at radius 3 is 2.62 bits per heavy atom. The van der Waals surface area contributed by atoms with Crippen LogP contribution >= 0.6 is 0 Å². The fourth-order valence-electron chi connectivity index (χ4n) is 4.15. The van der Waals surface area contributed by atoms with E-state index in [2.05, 4.69) is 24.1 Å². The summed E-state index contributed by atoms with van der Waals surface area (Å²) in [5.41, 5.74) is 2.33. The van der Waals surface area contributed by atoms with Crippen molar-refractivity contribution in [2.75, 3.05) is 11.4 Å². The Labute approximate surface area is 127 Å². The summed E-state index contributed by atoms with van der Waals surface area (Å²) in [6, 6.07) is 7.02. The monoisotopic (exact) mass is 290 g/mol. The third-order valence-corrected chi connectivity index (χ3v) is 5.11. The van der Waals surface area contributed by atoms with Gasteiger partial charge in [-0.05, 0) is 69.7 Å². The van der Waals surface area contributed by atoms with Crippen LogP contribution in [0.3, 0.4) is 0 Å². The molecule has 2 aliphatic heterocycles. The van der Waals surface area contributed by atoms with Crippen LogP contribution in [0.4, 0.5) is 10.1 Å². The van der Waals surface area contributed by atoms with Gasteiger partial charge in [0.2, 0.25) is 0 Å². The van der Waals surface area contributed by atoms with Crippen molar-refractivity contribution in [3.05, 3.63) is 29.6 Å². The maximum Gasteiger partial charge on any atom is 0.125 e. The fourth-order valence-corrected chi connectivity index (χ4v) is 4.15. The Morgan fingerprint density at radius 2 is 1.95 bits per heavy atom. The highest BCUT2D eigenvalue weighted by Gasteiger charge is 2.38. The molecule has 2 heterocycles. The van der Waals surface area contributed by atoms with Crippen LogP contribution in [0, 0.1) is 12.7 Å². The average molecular weight is 290 g/mol. The van der Waals surface area contributed by atoms with Gasteiger partial charge in [-0.1, -0.05) is 13.0 Å². The summed E-state index contributed by atoms with van der Waals surface area (Å²) in [6.07, 6.45) is 7.41. The largest absolute Gasteiger partial charge is 0.365 e. The number of anilines is 1. The topological polar surface area (TPSA) is 15.3 Å². The molecule has 1 aromatic rings. The van der Waals surface area contributed by atoms with Crippen molar-refractivity contribution in [2.24, 2.45) is 0 Å². The van der Waals surface area contributed by atoms with Gasteiger partial charge in [-0.15, -0.1) is 0 Å². The van der Waals surface area contributed by atoms with Crippen LogP contribution in [-0.2, 0) is 0 Å². The molecule has 2 atom stereocenters. The third kappa shape index (κ3) is 3.08. The second kappa shape index (κ2) is 6.35. The Morgan fingerprint density at radius 1 is 1.24 bits per heavy atom. The van der Waals surface area contributed by atoms with Crippen molar-refractivity contribution in [3.8, 4) is 0 Å². The van der Waals surface area contributed by atoms with Crippen LogP contribution < -0.4 is 10.2 Å². The molecule has 2 nitrogen and oxygen atoms in total. The van der Waals surface area contributed by atoms with Gasteiger partial charge in [0, 0.05) is 23.8 Å². The van der Waals surface area contributed by atoms with Crippen molar-refractivity contribution < 1.29 is 4.39 Å². The van der Waals surface area contributed by atoms with Crippen molar-refractivity contribution in [1.29, 1.82) is 0 Å². The number of halogens is 1. The van der Waals surface area contributed by atoms with Crippen LogP contribution in [0.25, 0.3) is 0 Å². The molecule has 2 fully saturated rings. The Hall–Kier alpha value is -1.09. The normalized spacial score (nSPS) is 28.7.